The molecule has 1 aliphatic rings. The van der Waals surface area contributed by atoms with Crippen LogP contribution in [0.3, 0.4) is 0 Å². The van der Waals surface area contributed by atoms with Crippen LogP contribution < -0.4 is 5.32 Å². The van der Waals surface area contributed by atoms with Gasteiger partial charge in [0, 0.05) is 18.0 Å². The number of amides is 3. The molecule has 3 aromatic rings. The number of rotatable bonds is 7. The first kappa shape index (κ1) is 19.9. The van der Waals surface area contributed by atoms with Crippen LogP contribution >= 0.6 is 11.8 Å². The van der Waals surface area contributed by atoms with Gasteiger partial charge >= 0.3 is 0 Å². The Morgan fingerprint density at radius 2 is 1.33 bits per heavy atom. The Bertz CT molecular complexity index is 1050. The van der Waals surface area contributed by atoms with Crippen molar-refractivity contribution in [3.05, 3.63) is 90.0 Å². The van der Waals surface area contributed by atoms with Crippen molar-refractivity contribution in [2.75, 3.05) is 23.4 Å². The zero-order chi connectivity index (χ0) is 20.9. The largest absolute Gasteiger partial charge is 0.325 e. The van der Waals surface area contributed by atoms with Crippen LogP contribution in [0.5, 0.6) is 0 Å². The number of benzene rings is 3. The number of nitrogens with zero attached hydrogens (tertiary/aromatic N) is 1. The van der Waals surface area contributed by atoms with Gasteiger partial charge in [0.1, 0.15) is 0 Å². The highest BCUT2D eigenvalue weighted by Crippen LogP contribution is 2.23. The number of imide groups is 1. The molecule has 1 N–H and O–H groups in total. The highest BCUT2D eigenvalue weighted by Gasteiger charge is 2.34. The third-order valence-electron chi connectivity index (χ3n) is 4.85. The fourth-order valence-corrected chi connectivity index (χ4v) is 4.05. The van der Waals surface area contributed by atoms with Crippen molar-refractivity contribution in [2.45, 2.75) is 0 Å². The van der Waals surface area contributed by atoms with Gasteiger partial charge in [-0.2, -0.15) is 11.8 Å². The normalized spacial score (nSPS) is 12.7. The molecule has 5 nitrogen and oxygen atoms in total. The molecule has 30 heavy (non-hydrogen) atoms. The quantitative estimate of drug-likeness (QED) is 0.460. The Morgan fingerprint density at radius 3 is 1.97 bits per heavy atom. The summed E-state index contributed by atoms with van der Waals surface area (Å²) in [4.78, 5) is 38.1. The molecule has 0 bridgehead atoms. The Kier molecular flexibility index (Phi) is 5.95. The molecule has 1 heterocycles. The van der Waals surface area contributed by atoms with Crippen LogP contribution in [0, 0.1) is 0 Å². The minimum atomic E-state index is -0.265. The van der Waals surface area contributed by atoms with E-state index in [4.69, 9.17) is 0 Å². The first-order valence-electron chi connectivity index (χ1n) is 9.62. The van der Waals surface area contributed by atoms with Crippen molar-refractivity contribution in [3.8, 4) is 11.1 Å². The van der Waals surface area contributed by atoms with Crippen molar-refractivity contribution in [1.82, 2.24) is 4.90 Å². The molecule has 0 fully saturated rings. The van der Waals surface area contributed by atoms with Gasteiger partial charge in [0.05, 0.1) is 16.9 Å². The molecule has 3 amide bonds. The van der Waals surface area contributed by atoms with Crippen molar-refractivity contribution in [1.29, 1.82) is 0 Å². The van der Waals surface area contributed by atoms with Gasteiger partial charge in [0.25, 0.3) is 11.8 Å². The second-order valence-electron chi connectivity index (χ2n) is 6.85. The summed E-state index contributed by atoms with van der Waals surface area (Å²) in [7, 11) is 0. The number of thioether (sulfide) groups is 1. The maximum atomic E-state index is 12.3. The van der Waals surface area contributed by atoms with E-state index in [2.05, 4.69) is 5.32 Å². The zero-order valence-corrected chi connectivity index (χ0v) is 17.0. The van der Waals surface area contributed by atoms with E-state index in [1.165, 1.54) is 16.7 Å². The Morgan fingerprint density at radius 1 is 0.767 bits per heavy atom. The number of fused-ring (bicyclic) bond motifs is 1. The standard InChI is InChI=1S/C24H20N2O3S/c27-22(25-19-12-10-18(11-13-19)17-6-2-1-3-7-17)16-30-15-14-26-23(28)20-8-4-5-9-21(20)24(26)29/h1-13H,14-16H2,(H,25,27). The van der Waals surface area contributed by atoms with Crippen LogP contribution in [0.4, 0.5) is 5.69 Å². The second kappa shape index (κ2) is 8.97. The van der Waals surface area contributed by atoms with Gasteiger partial charge in [-0.15, -0.1) is 0 Å². The number of hydrogen-bond acceptors (Lipinski definition) is 4. The van der Waals surface area contributed by atoms with Gasteiger partial charge in [0.15, 0.2) is 0 Å². The van der Waals surface area contributed by atoms with Gasteiger partial charge < -0.3 is 5.32 Å². The van der Waals surface area contributed by atoms with Crippen molar-refractivity contribution >= 4 is 35.2 Å². The van der Waals surface area contributed by atoms with E-state index in [9.17, 15) is 14.4 Å². The molecule has 0 saturated heterocycles. The molecule has 0 unspecified atom stereocenters. The average molecular weight is 417 g/mol. The van der Waals surface area contributed by atoms with Crippen LogP contribution in [-0.4, -0.2) is 40.7 Å². The summed E-state index contributed by atoms with van der Waals surface area (Å²) in [6.45, 7) is 0.288. The second-order valence-corrected chi connectivity index (χ2v) is 7.96. The Balaban J connectivity index is 1.23. The van der Waals surface area contributed by atoms with Crippen LogP contribution in [-0.2, 0) is 4.79 Å². The zero-order valence-electron chi connectivity index (χ0n) is 16.2. The highest BCUT2D eigenvalue weighted by molar-refractivity contribution is 7.99. The lowest BCUT2D eigenvalue weighted by Gasteiger charge is -2.13. The van der Waals surface area contributed by atoms with E-state index in [1.807, 2.05) is 54.6 Å². The summed E-state index contributed by atoms with van der Waals surface area (Å²) in [6.07, 6.45) is 0. The summed E-state index contributed by atoms with van der Waals surface area (Å²) in [5, 5.41) is 2.87. The van der Waals surface area contributed by atoms with Gasteiger partial charge in [0.2, 0.25) is 5.91 Å². The van der Waals surface area contributed by atoms with Crippen LogP contribution in [0.15, 0.2) is 78.9 Å². The Labute approximate surface area is 179 Å². The molecular formula is C24H20N2O3S. The summed E-state index contributed by atoms with van der Waals surface area (Å²) in [5.41, 5.74) is 3.84. The number of anilines is 1. The van der Waals surface area contributed by atoms with E-state index in [0.29, 0.717) is 16.9 Å². The van der Waals surface area contributed by atoms with E-state index in [0.717, 1.165) is 16.8 Å². The fraction of sp³-hybridized carbons (Fsp3) is 0.125. The van der Waals surface area contributed by atoms with Crippen molar-refractivity contribution in [3.63, 3.8) is 0 Å². The number of carbonyl (C=O) groups is 3. The van der Waals surface area contributed by atoms with E-state index >= 15 is 0 Å². The monoisotopic (exact) mass is 416 g/mol. The molecule has 0 atom stereocenters. The molecule has 6 heteroatoms. The first-order valence-corrected chi connectivity index (χ1v) is 10.8. The summed E-state index contributed by atoms with van der Waals surface area (Å²) in [6, 6.07) is 24.6. The van der Waals surface area contributed by atoms with Gasteiger partial charge in [-0.25, -0.2) is 0 Å². The maximum Gasteiger partial charge on any atom is 0.261 e. The predicted molar refractivity (Wildman–Crippen MR) is 120 cm³/mol. The minimum absolute atomic E-state index is 0.116. The smallest absolute Gasteiger partial charge is 0.261 e. The SMILES string of the molecule is O=C(CSCCN1C(=O)c2ccccc2C1=O)Nc1ccc(-c2ccccc2)cc1. The minimum Gasteiger partial charge on any atom is -0.325 e. The van der Waals surface area contributed by atoms with Crippen molar-refractivity contribution < 1.29 is 14.4 Å². The third kappa shape index (κ3) is 4.28. The summed E-state index contributed by atoms with van der Waals surface area (Å²) >= 11 is 1.39. The molecule has 0 aromatic heterocycles. The van der Waals surface area contributed by atoms with Gasteiger partial charge in [-0.05, 0) is 35.4 Å². The lowest BCUT2D eigenvalue weighted by molar-refractivity contribution is -0.113. The molecule has 150 valence electrons. The molecule has 0 aliphatic carbocycles. The van der Waals surface area contributed by atoms with Crippen LogP contribution in [0.25, 0.3) is 11.1 Å². The highest BCUT2D eigenvalue weighted by atomic mass is 32.2. The first-order chi connectivity index (χ1) is 14.6. The van der Waals surface area contributed by atoms with E-state index < -0.39 is 0 Å². The molecule has 1 aliphatic heterocycles. The topological polar surface area (TPSA) is 66.5 Å². The predicted octanol–water partition coefficient (Wildman–Crippen LogP) is 4.32. The number of hydrogen-bond donors (Lipinski definition) is 1. The van der Waals surface area contributed by atoms with Crippen LogP contribution in [0.1, 0.15) is 20.7 Å². The molecule has 4 rings (SSSR count). The van der Waals surface area contributed by atoms with E-state index in [-0.39, 0.29) is 30.0 Å². The molecule has 3 aromatic carbocycles. The fourth-order valence-electron chi connectivity index (χ4n) is 3.34. The molecule has 0 radical (unpaired) electrons. The average Bonchev–Trinajstić information content (AvgIpc) is 3.03. The third-order valence-corrected chi connectivity index (χ3v) is 5.78. The lowest BCUT2D eigenvalue weighted by Crippen LogP contribution is -2.32. The van der Waals surface area contributed by atoms with E-state index in [1.54, 1.807) is 24.3 Å². The summed E-state index contributed by atoms with van der Waals surface area (Å²) in [5.74, 6) is 0.114. The van der Waals surface area contributed by atoms with Gasteiger partial charge in [-0.1, -0.05) is 54.6 Å². The number of carbonyl (C=O) groups excluding carboxylic acids is 3. The summed E-state index contributed by atoms with van der Waals surface area (Å²) < 4.78 is 0. The Hall–Kier alpha value is -3.38. The maximum absolute atomic E-state index is 12.3. The molecule has 0 saturated carbocycles. The molecular weight excluding hydrogens is 396 g/mol. The lowest BCUT2D eigenvalue weighted by atomic mass is 10.1. The molecule has 0 spiro atoms. The number of nitrogens with one attached hydrogen (secondary N) is 1. The van der Waals surface area contributed by atoms with Crippen molar-refractivity contribution in [2.24, 2.45) is 0 Å². The van der Waals surface area contributed by atoms with Gasteiger partial charge in [-0.3, -0.25) is 19.3 Å². The van der Waals surface area contributed by atoms with Crippen LogP contribution in [0.2, 0.25) is 0 Å².